The molecule has 2 heterocycles. The van der Waals surface area contributed by atoms with E-state index < -0.39 is 5.97 Å². The Balaban J connectivity index is 1.97. The molecule has 0 aliphatic carbocycles. The number of carbonyl (C=O) groups excluding carboxylic acids is 2. The monoisotopic (exact) mass is 400 g/mol. The Morgan fingerprint density at radius 3 is 2.72 bits per heavy atom. The average molecular weight is 401 g/mol. The number of hydrogen-bond donors (Lipinski definition) is 2. The largest absolute Gasteiger partial charge is 0.462 e. The molecule has 0 fully saturated rings. The minimum Gasteiger partial charge on any atom is -0.462 e. The van der Waals surface area contributed by atoms with E-state index in [-0.39, 0.29) is 11.7 Å². The molecule has 2 aromatic heterocycles. The molecule has 1 amide bonds. The molecule has 2 rings (SSSR count). The number of thioether (sulfide) groups is 1. The second-order valence-electron chi connectivity index (χ2n) is 4.77. The van der Waals surface area contributed by atoms with E-state index in [9.17, 15) is 9.59 Å². The smallest absolute Gasteiger partial charge is 0.341 e. The van der Waals surface area contributed by atoms with Crippen LogP contribution < -0.4 is 10.6 Å². The first-order valence-electron chi connectivity index (χ1n) is 7.87. The zero-order valence-electron chi connectivity index (χ0n) is 14.2. The standard InChI is InChI=1S/C15H20N4O3S3/c1-4-9-7-10(13(21)22-6-3)12(24-9)17-11(20)8-23-15-19-18-14(25-15)16-5-2/h7H,4-6,8H2,1-3H3,(H,16,18)(H,17,20). The average Bonchev–Trinajstić information content (AvgIpc) is 3.20. The molecule has 0 unspecified atom stereocenters. The Morgan fingerprint density at radius 2 is 2.04 bits per heavy atom. The van der Waals surface area contributed by atoms with Crippen molar-refractivity contribution in [3.05, 3.63) is 16.5 Å². The van der Waals surface area contributed by atoms with Crippen molar-refractivity contribution in [2.45, 2.75) is 31.5 Å². The maximum atomic E-state index is 12.2. The zero-order chi connectivity index (χ0) is 18.2. The fraction of sp³-hybridized carbons (Fsp3) is 0.467. The minimum atomic E-state index is -0.416. The number of carbonyl (C=O) groups is 2. The van der Waals surface area contributed by atoms with Gasteiger partial charge in [-0.2, -0.15) is 0 Å². The number of aromatic nitrogens is 2. The highest BCUT2D eigenvalue weighted by molar-refractivity contribution is 8.01. The Bertz CT molecular complexity index is 729. The topological polar surface area (TPSA) is 93.2 Å². The Hall–Kier alpha value is -1.65. The summed E-state index contributed by atoms with van der Waals surface area (Å²) in [6, 6.07) is 1.78. The summed E-state index contributed by atoms with van der Waals surface area (Å²) in [6.45, 7) is 6.80. The third-order valence-electron chi connectivity index (χ3n) is 2.94. The number of hydrogen-bond acceptors (Lipinski definition) is 9. The van der Waals surface area contributed by atoms with Crippen molar-refractivity contribution in [2.24, 2.45) is 0 Å². The van der Waals surface area contributed by atoms with Gasteiger partial charge in [0.2, 0.25) is 11.0 Å². The minimum absolute atomic E-state index is 0.194. The molecule has 0 aliphatic heterocycles. The van der Waals surface area contributed by atoms with Crippen LogP contribution in [0.4, 0.5) is 10.1 Å². The van der Waals surface area contributed by atoms with Gasteiger partial charge in [0.15, 0.2) is 4.34 Å². The van der Waals surface area contributed by atoms with Crippen molar-refractivity contribution in [3.63, 3.8) is 0 Å². The fourth-order valence-corrected chi connectivity index (χ4v) is 4.47. The Kier molecular flexibility index (Phi) is 7.66. The Labute approximate surface area is 158 Å². The van der Waals surface area contributed by atoms with Gasteiger partial charge < -0.3 is 15.4 Å². The second kappa shape index (κ2) is 9.73. The third kappa shape index (κ3) is 5.68. The second-order valence-corrected chi connectivity index (χ2v) is 8.11. The number of thiophene rings is 1. The van der Waals surface area contributed by atoms with Crippen LogP contribution in [-0.4, -0.2) is 41.0 Å². The van der Waals surface area contributed by atoms with Crippen molar-refractivity contribution in [1.82, 2.24) is 10.2 Å². The first-order valence-corrected chi connectivity index (χ1v) is 10.5. The number of nitrogens with one attached hydrogen (secondary N) is 2. The molecule has 10 heteroatoms. The van der Waals surface area contributed by atoms with E-state index in [1.54, 1.807) is 13.0 Å². The van der Waals surface area contributed by atoms with Gasteiger partial charge in [-0.1, -0.05) is 30.0 Å². The van der Waals surface area contributed by atoms with E-state index in [1.807, 2.05) is 13.8 Å². The highest BCUT2D eigenvalue weighted by Gasteiger charge is 2.19. The van der Waals surface area contributed by atoms with E-state index in [1.165, 1.54) is 34.4 Å². The van der Waals surface area contributed by atoms with Gasteiger partial charge in [0.05, 0.1) is 17.9 Å². The van der Waals surface area contributed by atoms with Gasteiger partial charge in [-0.3, -0.25) is 4.79 Å². The normalized spacial score (nSPS) is 10.5. The SMILES string of the molecule is CCNc1nnc(SCC(=O)Nc2sc(CC)cc2C(=O)OCC)s1. The van der Waals surface area contributed by atoms with Crippen LogP contribution in [0.2, 0.25) is 0 Å². The first-order chi connectivity index (χ1) is 12.1. The number of amides is 1. The molecule has 0 spiro atoms. The molecule has 2 N–H and O–H groups in total. The van der Waals surface area contributed by atoms with Gasteiger partial charge in [-0.05, 0) is 26.3 Å². The fourth-order valence-electron chi connectivity index (χ4n) is 1.85. The van der Waals surface area contributed by atoms with Crippen LogP contribution in [-0.2, 0) is 16.0 Å². The molecular formula is C15H20N4O3S3. The van der Waals surface area contributed by atoms with E-state index in [0.29, 0.717) is 17.2 Å². The van der Waals surface area contributed by atoms with Gasteiger partial charge in [0.1, 0.15) is 5.00 Å². The van der Waals surface area contributed by atoms with Gasteiger partial charge in [-0.15, -0.1) is 21.5 Å². The lowest BCUT2D eigenvalue weighted by atomic mass is 10.2. The number of esters is 1. The molecule has 136 valence electrons. The summed E-state index contributed by atoms with van der Waals surface area (Å²) in [6.07, 6.45) is 0.791. The number of anilines is 2. The molecule has 0 saturated heterocycles. The summed E-state index contributed by atoms with van der Waals surface area (Å²) >= 11 is 4.12. The summed E-state index contributed by atoms with van der Waals surface area (Å²) in [4.78, 5) is 25.3. The molecule has 0 saturated carbocycles. The zero-order valence-corrected chi connectivity index (χ0v) is 16.7. The van der Waals surface area contributed by atoms with Crippen molar-refractivity contribution in [1.29, 1.82) is 0 Å². The van der Waals surface area contributed by atoms with Crippen LogP contribution in [0.5, 0.6) is 0 Å². The molecule has 0 aromatic carbocycles. The van der Waals surface area contributed by atoms with Gasteiger partial charge in [0, 0.05) is 11.4 Å². The molecule has 0 bridgehead atoms. The van der Waals surface area contributed by atoms with Crippen molar-refractivity contribution in [3.8, 4) is 0 Å². The van der Waals surface area contributed by atoms with Crippen molar-refractivity contribution < 1.29 is 14.3 Å². The number of aryl methyl sites for hydroxylation is 1. The molecule has 2 aromatic rings. The third-order valence-corrected chi connectivity index (χ3v) is 6.15. The number of nitrogens with zero attached hydrogens (tertiary/aromatic N) is 2. The maximum Gasteiger partial charge on any atom is 0.341 e. The van der Waals surface area contributed by atoms with Crippen LogP contribution in [0, 0.1) is 0 Å². The van der Waals surface area contributed by atoms with Gasteiger partial charge in [-0.25, -0.2) is 4.79 Å². The van der Waals surface area contributed by atoms with Gasteiger partial charge >= 0.3 is 5.97 Å². The summed E-state index contributed by atoms with van der Waals surface area (Å²) in [5.41, 5.74) is 0.410. The summed E-state index contributed by atoms with van der Waals surface area (Å²) < 4.78 is 5.77. The van der Waals surface area contributed by atoms with Crippen LogP contribution in [0.15, 0.2) is 10.4 Å². The Morgan fingerprint density at radius 1 is 1.24 bits per heavy atom. The van der Waals surface area contributed by atoms with Crippen LogP contribution in [0.25, 0.3) is 0 Å². The molecule has 0 atom stereocenters. The van der Waals surface area contributed by atoms with Gasteiger partial charge in [0.25, 0.3) is 0 Å². The summed E-state index contributed by atoms with van der Waals surface area (Å²) in [5, 5.41) is 15.2. The molecule has 7 nitrogen and oxygen atoms in total. The van der Waals surface area contributed by atoms with Crippen LogP contribution >= 0.6 is 34.4 Å². The molecule has 0 radical (unpaired) electrons. The van der Waals surface area contributed by atoms with E-state index >= 15 is 0 Å². The van der Waals surface area contributed by atoms with Crippen molar-refractivity contribution >= 4 is 56.4 Å². The quantitative estimate of drug-likeness (QED) is 0.491. The molecule has 0 aliphatic rings. The predicted octanol–water partition coefficient (Wildman–Crippen LogP) is 3.50. The van der Waals surface area contributed by atoms with E-state index in [4.69, 9.17) is 4.74 Å². The van der Waals surface area contributed by atoms with Crippen molar-refractivity contribution in [2.75, 3.05) is 29.5 Å². The lowest BCUT2D eigenvalue weighted by Crippen LogP contribution is -2.15. The van der Waals surface area contributed by atoms with E-state index in [2.05, 4.69) is 20.8 Å². The lowest BCUT2D eigenvalue weighted by Gasteiger charge is -2.05. The molecule has 25 heavy (non-hydrogen) atoms. The summed E-state index contributed by atoms with van der Waals surface area (Å²) in [5.74, 6) is -0.413. The molecular weight excluding hydrogens is 380 g/mol. The van der Waals surface area contributed by atoms with Crippen LogP contribution in [0.1, 0.15) is 36.0 Å². The summed E-state index contributed by atoms with van der Waals surface area (Å²) in [7, 11) is 0. The van der Waals surface area contributed by atoms with E-state index in [0.717, 1.165) is 27.3 Å². The first kappa shape index (κ1) is 19.7. The predicted molar refractivity (Wildman–Crippen MR) is 103 cm³/mol. The number of rotatable bonds is 9. The highest BCUT2D eigenvalue weighted by Crippen LogP contribution is 2.30. The van der Waals surface area contributed by atoms with Crippen LogP contribution in [0.3, 0.4) is 0 Å². The highest BCUT2D eigenvalue weighted by atomic mass is 32.2. The lowest BCUT2D eigenvalue weighted by molar-refractivity contribution is -0.113. The number of ether oxygens (including phenoxy) is 1. The maximum absolute atomic E-state index is 12.2.